The van der Waals surface area contributed by atoms with Gasteiger partial charge in [0.1, 0.15) is 17.8 Å². The molecule has 15 heteroatoms. The molecule has 3 aromatic rings. The smallest absolute Gasteiger partial charge is 0.497 e. The maximum atomic E-state index is 12.6. The van der Waals surface area contributed by atoms with Crippen molar-refractivity contribution in [3.63, 3.8) is 0 Å². The largest absolute Gasteiger partial charge is 0.540 e. The van der Waals surface area contributed by atoms with Crippen LogP contribution in [0, 0.1) is 0 Å². The summed E-state index contributed by atoms with van der Waals surface area (Å²) in [6, 6.07) is 21.8. The lowest BCUT2D eigenvalue weighted by molar-refractivity contribution is 0.218. The Balaban J connectivity index is 1.76. The lowest BCUT2D eigenvalue weighted by atomic mass is 10.1. The van der Waals surface area contributed by atoms with Crippen LogP contribution in [0.1, 0.15) is 22.5 Å². The van der Waals surface area contributed by atoms with Crippen molar-refractivity contribution in [3.05, 3.63) is 95.6 Å². The van der Waals surface area contributed by atoms with Gasteiger partial charge in [-0.3, -0.25) is 18.6 Å². The number of hydrogen-bond acceptors (Lipinski definition) is 7. The molecule has 3 aromatic carbocycles. The molecule has 11 nitrogen and oxygen atoms in total. The summed E-state index contributed by atoms with van der Waals surface area (Å²) in [7, 11) is -7.90. The van der Waals surface area contributed by atoms with Gasteiger partial charge in [0, 0.05) is 6.54 Å². The Morgan fingerprint density at radius 2 is 1.54 bits per heavy atom. The highest BCUT2D eigenvalue weighted by Crippen LogP contribution is 2.56. The third-order valence-electron chi connectivity index (χ3n) is 5.35. The van der Waals surface area contributed by atoms with Gasteiger partial charge in [-0.05, 0) is 53.1 Å². The van der Waals surface area contributed by atoms with E-state index in [0.717, 1.165) is 16.2 Å². The molecule has 4 N–H and O–H groups in total. The van der Waals surface area contributed by atoms with E-state index in [4.69, 9.17) is 21.1 Å². The zero-order valence-electron chi connectivity index (χ0n) is 21.1. The highest BCUT2D eigenvalue weighted by atomic mass is 32.4. The van der Waals surface area contributed by atoms with Crippen LogP contribution in [0.2, 0.25) is 0 Å². The maximum absolute atomic E-state index is 12.6. The van der Waals surface area contributed by atoms with Gasteiger partial charge in [-0.1, -0.05) is 47.2 Å². The Kier molecular flexibility index (Phi) is 10.9. The Morgan fingerprint density at radius 1 is 0.949 bits per heavy atom. The van der Waals surface area contributed by atoms with E-state index in [1.165, 1.54) is 29.0 Å². The highest BCUT2D eigenvalue weighted by Gasteiger charge is 2.39. The number of hydrazone groups is 1. The van der Waals surface area contributed by atoms with Gasteiger partial charge in [0.2, 0.25) is 11.8 Å². The molecule has 208 valence electrons. The predicted molar refractivity (Wildman–Crippen MR) is 153 cm³/mol. The van der Waals surface area contributed by atoms with Crippen LogP contribution in [0.25, 0.3) is 0 Å². The fourth-order valence-corrected chi connectivity index (χ4v) is 6.57. The molecule has 0 aromatic heterocycles. The van der Waals surface area contributed by atoms with Crippen LogP contribution >= 0.6 is 22.3 Å². The third kappa shape index (κ3) is 9.89. The van der Waals surface area contributed by atoms with Crippen molar-refractivity contribution in [2.75, 3.05) is 20.4 Å². The molecule has 2 unspecified atom stereocenters. The molecule has 0 aliphatic rings. The molecule has 0 radical (unpaired) electrons. The summed E-state index contributed by atoms with van der Waals surface area (Å²) < 4.78 is 36.8. The lowest BCUT2D eigenvalue weighted by Gasteiger charge is -2.32. The minimum Gasteiger partial charge on any atom is -0.497 e. The molecule has 0 aliphatic heterocycles. The van der Waals surface area contributed by atoms with Gasteiger partial charge in [-0.2, -0.15) is 0 Å². The van der Waals surface area contributed by atoms with Crippen LogP contribution in [0.4, 0.5) is 0 Å². The zero-order chi connectivity index (χ0) is 28.6. The molecule has 0 saturated carbocycles. The molecular formula is C24H29N3O8P3S+. The van der Waals surface area contributed by atoms with E-state index in [1.54, 1.807) is 50.7 Å². The topological polar surface area (TPSA) is 152 Å². The Hall–Kier alpha value is -2.49. The fourth-order valence-electron chi connectivity index (χ4n) is 3.62. The first-order valence-electron chi connectivity index (χ1n) is 11.4. The van der Waals surface area contributed by atoms with Gasteiger partial charge in [0.15, 0.2) is 5.75 Å². The van der Waals surface area contributed by atoms with Crippen molar-refractivity contribution < 1.29 is 38.0 Å². The average Bonchev–Trinajstić information content (AvgIpc) is 2.87. The number of hydrogen-bond donors (Lipinski definition) is 4. The van der Waals surface area contributed by atoms with Crippen molar-refractivity contribution in [2.45, 2.75) is 12.3 Å². The lowest BCUT2D eigenvalue weighted by Crippen LogP contribution is -2.29. The molecule has 0 bridgehead atoms. The quantitative estimate of drug-likeness (QED) is 0.121. The van der Waals surface area contributed by atoms with E-state index in [9.17, 15) is 28.7 Å². The summed E-state index contributed by atoms with van der Waals surface area (Å²) in [5, 5.41) is 4.30. The highest BCUT2D eigenvalue weighted by molar-refractivity contribution is 8.02. The third-order valence-corrected chi connectivity index (χ3v) is 9.22. The van der Waals surface area contributed by atoms with Gasteiger partial charge < -0.3 is 24.3 Å². The van der Waals surface area contributed by atoms with Crippen molar-refractivity contribution in [2.24, 2.45) is 5.10 Å². The van der Waals surface area contributed by atoms with Crippen LogP contribution in [0.5, 0.6) is 11.5 Å². The summed E-state index contributed by atoms with van der Waals surface area (Å²) in [5.41, 5.74) is 1.64. The van der Waals surface area contributed by atoms with E-state index in [1.807, 2.05) is 24.3 Å². The second kappa shape index (κ2) is 13.7. The number of ether oxygens (including phenoxy) is 1. The minimum absolute atomic E-state index is 0.0889. The molecule has 0 saturated heterocycles. The average molecular weight is 612 g/mol. The van der Waals surface area contributed by atoms with E-state index >= 15 is 0 Å². The molecular weight excluding hydrogens is 583 g/mol. The fraction of sp³-hybridized carbons (Fsp3) is 0.208. The second-order valence-electron chi connectivity index (χ2n) is 8.41. The first kappa shape index (κ1) is 31.0. The van der Waals surface area contributed by atoms with Crippen molar-refractivity contribution in [1.29, 1.82) is 0 Å². The second-order valence-corrected chi connectivity index (χ2v) is 13.9. The first-order valence-corrected chi connectivity index (χ1v) is 17.1. The molecule has 0 amide bonds. The standard InChI is InChI=1S/C24H28N3O8P3S/c1-26(25-16-19-8-12-22(34-2)13-9-19)36(39)35-23-14-10-21(11-15-23)24(38(31,32)33)27(18-37(28,29)30)17-20-6-4-3-5-7-20/h3-16,24H,17-18H2,1-2H3,(H3-,28,29,30,31,32,33)/p+1/b25-16+. The Bertz CT molecular complexity index is 1370. The number of benzene rings is 3. The molecule has 0 fully saturated rings. The maximum Gasteiger partial charge on any atom is 0.540 e. The molecule has 2 atom stereocenters. The van der Waals surface area contributed by atoms with Crippen LogP contribution in [-0.2, 0) is 27.5 Å². The minimum atomic E-state index is -4.89. The number of rotatable bonds is 13. The van der Waals surface area contributed by atoms with Crippen molar-refractivity contribution in [3.8, 4) is 11.5 Å². The predicted octanol–water partition coefficient (Wildman–Crippen LogP) is 4.63. The van der Waals surface area contributed by atoms with Gasteiger partial charge in [-0.25, -0.2) is 0 Å². The van der Waals surface area contributed by atoms with Gasteiger partial charge in [-0.15, -0.1) is 5.10 Å². The monoisotopic (exact) mass is 612 g/mol. The number of nitrogens with zero attached hydrogens (tertiary/aromatic N) is 3. The van der Waals surface area contributed by atoms with E-state index < -0.39 is 34.3 Å². The molecule has 0 spiro atoms. The number of methoxy groups -OCH3 is 1. The van der Waals surface area contributed by atoms with Crippen LogP contribution < -0.4 is 9.26 Å². The van der Waals surface area contributed by atoms with E-state index in [-0.39, 0.29) is 12.1 Å². The van der Waals surface area contributed by atoms with E-state index in [2.05, 4.69) is 5.10 Å². The molecule has 0 aliphatic carbocycles. The summed E-state index contributed by atoms with van der Waals surface area (Å²) in [6.45, 7) is -0.0889. The normalized spacial score (nSPS) is 13.4. The van der Waals surface area contributed by atoms with Crippen molar-refractivity contribution in [1.82, 2.24) is 9.68 Å². The van der Waals surface area contributed by atoms with Crippen LogP contribution in [-0.4, -0.2) is 55.9 Å². The summed E-state index contributed by atoms with van der Waals surface area (Å²) >= 11 is 5.43. The summed E-state index contributed by atoms with van der Waals surface area (Å²) in [4.78, 5) is 40.7. The van der Waals surface area contributed by atoms with Gasteiger partial charge in [0.25, 0.3) is 0 Å². The SMILES string of the molecule is COc1ccc(/C=N/N(C)[P+](=S)Oc2ccc(C(N(Cc3ccccc3)CP(=O)(O)O)P(=O)(O)O)cc2)cc1. The molecule has 39 heavy (non-hydrogen) atoms. The molecule has 0 heterocycles. The van der Waals surface area contributed by atoms with Crippen LogP contribution in [0.3, 0.4) is 0 Å². The van der Waals surface area contributed by atoms with Gasteiger partial charge in [0.05, 0.1) is 20.4 Å². The zero-order valence-corrected chi connectivity index (χ0v) is 24.6. The first-order chi connectivity index (χ1) is 18.4. The summed E-state index contributed by atoms with van der Waals surface area (Å²) in [5.74, 6) is -0.523. The van der Waals surface area contributed by atoms with Crippen molar-refractivity contribution >= 4 is 40.3 Å². The Labute approximate surface area is 232 Å². The molecule has 3 rings (SSSR count). The van der Waals surface area contributed by atoms with Crippen LogP contribution in [0.15, 0.2) is 84.0 Å². The Morgan fingerprint density at radius 3 is 2.08 bits per heavy atom. The van der Waals surface area contributed by atoms with Gasteiger partial charge >= 0.3 is 22.3 Å². The summed E-state index contributed by atoms with van der Waals surface area (Å²) in [6.07, 6.45) is 0.783. The van der Waals surface area contributed by atoms with E-state index in [0.29, 0.717) is 11.3 Å².